The van der Waals surface area contributed by atoms with E-state index in [4.69, 9.17) is 4.74 Å². The van der Waals surface area contributed by atoms with Crippen LogP contribution in [0.2, 0.25) is 0 Å². The molecule has 0 bridgehead atoms. The number of nitrogens with one attached hydrogen (secondary N) is 1. The van der Waals surface area contributed by atoms with Gasteiger partial charge in [0.15, 0.2) is 6.29 Å². The summed E-state index contributed by atoms with van der Waals surface area (Å²) >= 11 is 1.54. The van der Waals surface area contributed by atoms with Crippen molar-refractivity contribution in [3.8, 4) is 16.5 Å². The summed E-state index contributed by atoms with van der Waals surface area (Å²) in [5.74, 6) is -0.497. The summed E-state index contributed by atoms with van der Waals surface area (Å²) < 4.78 is 5.36. The van der Waals surface area contributed by atoms with Gasteiger partial charge in [-0.2, -0.15) is 5.26 Å². The van der Waals surface area contributed by atoms with Crippen molar-refractivity contribution < 1.29 is 19.7 Å². The first-order valence-electron chi connectivity index (χ1n) is 12.6. The van der Waals surface area contributed by atoms with Gasteiger partial charge < -0.3 is 25.2 Å². The van der Waals surface area contributed by atoms with Crippen molar-refractivity contribution in [1.82, 2.24) is 5.32 Å². The Balaban J connectivity index is 1.50. The molecule has 0 aliphatic carbocycles. The van der Waals surface area contributed by atoms with Gasteiger partial charge in [0.05, 0.1) is 12.2 Å². The SMILES string of the molecule is CCN(CC)c1ccc2cc(-c3ccc(/C(C)=C(\C#N)C(=O)NCC4CC(O)CC(O)O4)s3)ccc2c1. The lowest BCUT2D eigenvalue weighted by atomic mass is 10.0. The number of allylic oxidation sites excluding steroid dienone is 1. The molecule has 3 aromatic rings. The van der Waals surface area contributed by atoms with Gasteiger partial charge in [-0.3, -0.25) is 4.79 Å². The van der Waals surface area contributed by atoms with Crippen molar-refractivity contribution in [2.75, 3.05) is 24.5 Å². The molecule has 1 aliphatic heterocycles. The molecule has 8 heteroatoms. The van der Waals surface area contributed by atoms with Crippen LogP contribution >= 0.6 is 11.3 Å². The number of aliphatic hydroxyl groups is 2. The van der Waals surface area contributed by atoms with E-state index in [1.165, 1.54) is 22.4 Å². The minimum Gasteiger partial charge on any atom is -0.393 e. The van der Waals surface area contributed by atoms with Gasteiger partial charge in [0.25, 0.3) is 5.91 Å². The second-order valence-electron chi connectivity index (χ2n) is 9.24. The van der Waals surface area contributed by atoms with Crippen molar-refractivity contribution in [1.29, 1.82) is 5.26 Å². The van der Waals surface area contributed by atoms with E-state index >= 15 is 0 Å². The summed E-state index contributed by atoms with van der Waals surface area (Å²) in [6.45, 7) is 8.12. The average molecular weight is 520 g/mol. The standard InChI is InChI=1S/C29H33N3O4S/c1-4-32(5-2)22-9-8-19-12-21(7-6-20(19)13-22)27-11-10-26(37-27)18(3)25(16-30)29(35)31-17-24-14-23(33)15-28(34)36-24/h6-13,23-24,28,33-34H,4-5,14-15,17H2,1-3H3,(H,31,35)/b25-18+. The number of thiophene rings is 1. The number of nitrogens with zero attached hydrogens (tertiary/aromatic N) is 2. The van der Waals surface area contributed by atoms with Crippen LogP contribution in [-0.4, -0.2) is 54.3 Å². The molecule has 0 saturated carbocycles. The largest absolute Gasteiger partial charge is 0.393 e. The molecule has 0 radical (unpaired) electrons. The van der Waals surface area contributed by atoms with Gasteiger partial charge in [-0.1, -0.05) is 18.2 Å². The van der Waals surface area contributed by atoms with Crippen LogP contribution in [0.1, 0.15) is 38.5 Å². The molecular weight excluding hydrogens is 486 g/mol. The van der Waals surface area contributed by atoms with Crippen molar-refractivity contribution in [3.63, 3.8) is 0 Å². The predicted molar refractivity (Wildman–Crippen MR) is 148 cm³/mol. The number of fused-ring (bicyclic) bond motifs is 1. The number of benzene rings is 2. The van der Waals surface area contributed by atoms with Crippen molar-refractivity contribution in [2.24, 2.45) is 0 Å². The number of nitriles is 1. The van der Waals surface area contributed by atoms with Crippen LogP contribution in [0.4, 0.5) is 5.69 Å². The number of ether oxygens (including phenoxy) is 1. The Morgan fingerprint density at radius 2 is 1.84 bits per heavy atom. The zero-order chi connectivity index (χ0) is 26.5. The Bertz CT molecular complexity index is 1330. The second-order valence-corrected chi connectivity index (χ2v) is 10.3. The van der Waals surface area contributed by atoms with Crippen molar-refractivity contribution >= 4 is 39.3 Å². The number of rotatable bonds is 8. The Morgan fingerprint density at radius 1 is 1.11 bits per heavy atom. The monoisotopic (exact) mass is 519 g/mol. The molecule has 1 amide bonds. The summed E-state index contributed by atoms with van der Waals surface area (Å²) in [5, 5.41) is 34.2. The van der Waals surface area contributed by atoms with Crippen LogP contribution in [0, 0.1) is 11.3 Å². The Hall–Kier alpha value is -3.22. The van der Waals surface area contributed by atoms with Crippen LogP contribution in [-0.2, 0) is 9.53 Å². The highest BCUT2D eigenvalue weighted by molar-refractivity contribution is 7.16. The first-order chi connectivity index (χ1) is 17.8. The fourth-order valence-corrected chi connectivity index (χ4v) is 5.70. The van der Waals surface area contributed by atoms with E-state index in [9.17, 15) is 20.3 Å². The van der Waals surface area contributed by atoms with Crippen LogP contribution in [0.5, 0.6) is 0 Å². The Kier molecular flexibility index (Phi) is 8.62. The molecule has 3 N–H and O–H groups in total. The normalized spacial score (nSPS) is 20.3. The smallest absolute Gasteiger partial charge is 0.262 e. The molecule has 2 aromatic carbocycles. The maximum atomic E-state index is 12.8. The third-order valence-electron chi connectivity index (χ3n) is 6.77. The quantitative estimate of drug-likeness (QED) is 0.295. The van der Waals surface area contributed by atoms with Crippen molar-refractivity contribution in [3.05, 3.63) is 59.0 Å². The summed E-state index contributed by atoms with van der Waals surface area (Å²) in [4.78, 5) is 17.0. The highest BCUT2D eigenvalue weighted by Crippen LogP contribution is 2.35. The third-order valence-corrected chi connectivity index (χ3v) is 8.03. The molecule has 4 rings (SSSR count). The highest BCUT2D eigenvalue weighted by atomic mass is 32.1. The molecule has 37 heavy (non-hydrogen) atoms. The van der Waals surface area contributed by atoms with Gasteiger partial charge >= 0.3 is 0 Å². The van der Waals surface area contributed by atoms with Gasteiger partial charge in [-0.25, -0.2) is 0 Å². The van der Waals surface area contributed by atoms with Gasteiger partial charge in [0.1, 0.15) is 11.6 Å². The lowest BCUT2D eigenvalue weighted by Gasteiger charge is -2.30. The van der Waals surface area contributed by atoms with Crippen molar-refractivity contribution in [2.45, 2.75) is 52.1 Å². The fourth-order valence-electron chi connectivity index (χ4n) is 4.69. The molecule has 3 unspecified atom stereocenters. The molecule has 3 atom stereocenters. The lowest BCUT2D eigenvalue weighted by Crippen LogP contribution is -2.42. The van der Waals surface area contributed by atoms with Crippen LogP contribution in [0.25, 0.3) is 26.8 Å². The first kappa shape index (κ1) is 26.8. The molecule has 1 saturated heterocycles. The lowest BCUT2D eigenvalue weighted by molar-refractivity contribution is -0.187. The van der Waals surface area contributed by atoms with E-state index in [1.54, 1.807) is 6.92 Å². The summed E-state index contributed by atoms with van der Waals surface area (Å²) in [7, 11) is 0. The maximum absolute atomic E-state index is 12.8. The number of anilines is 1. The van der Waals surface area contributed by atoms with Crippen LogP contribution in [0.15, 0.2) is 54.1 Å². The average Bonchev–Trinajstić information content (AvgIpc) is 3.38. The minimum absolute atomic E-state index is 0.0350. The first-order valence-corrected chi connectivity index (χ1v) is 13.4. The number of amides is 1. The summed E-state index contributed by atoms with van der Waals surface area (Å²) in [6, 6.07) is 18.9. The number of carbonyl (C=O) groups excluding carboxylic acids is 1. The fraction of sp³-hybridized carbons (Fsp3) is 0.379. The summed E-state index contributed by atoms with van der Waals surface area (Å²) in [6.07, 6.45) is -1.77. The molecule has 7 nitrogen and oxygen atoms in total. The number of carbonyl (C=O) groups is 1. The third kappa shape index (κ3) is 6.20. The van der Waals surface area contributed by atoms with Gasteiger partial charge in [-0.05, 0) is 73.0 Å². The highest BCUT2D eigenvalue weighted by Gasteiger charge is 2.27. The maximum Gasteiger partial charge on any atom is 0.262 e. The van der Waals surface area contributed by atoms with E-state index in [1.807, 2.05) is 18.2 Å². The zero-order valence-corrected chi connectivity index (χ0v) is 22.2. The van der Waals surface area contributed by atoms with Crippen LogP contribution in [0.3, 0.4) is 0 Å². The van der Waals surface area contributed by atoms with E-state index in [2.05, 4.69) is 60.5 Å². The van der Waals surface area contributed by atoms with Crippen LogP contribution < -0.4 is 10.2 Å². The Morgan fingerprint density at radius 3 is 2.54 bits per heavy atom. The summed E-state index contributed by atoms with van der Waals surface area (Å²) in [5.41, 5.74) is 2.94. The molecule has 194 valence electrons. The molecule has 1 aliphatic rings. The molecule has 1 aromatic heterocycles. The van der Waals surface area contributed by atoms with Gasteiger partial charge in [-0.15, -0.1) is 11.3 Å². The van der Waals surface area contributed by atoms with E-state index in [0.717, 1.165) is 33.8 Å². The number of hydrogen-bond donors (Lipinski definition) is 3. The number of hydrogen-bond acceptors (Lipinski definition) is 7. The molecular formula is C29H33N3O4S. The topological polar surface area (TPSA) is 106 Å². The van der Waals surface area contributed by atoms with E-state index in [0.29, 0.717) is 12.0 Å². The van der Waals surface area contributed by atoms with Gasteiger partial charge in [0.2, 0.25) is 0 Å². The molecule has 0 spiro atoms. The molecule has 2 heterocycles. The number of aliphatic hydroxyl groups excluding tert-OH is 2. The molecule has 1 fully saturated rings. The predicted octanol–water partition coefficient (Wildman–Crippen LogP) is 4.69. The van der Waals surface area contributed by atoms with E-state index in [-0.39, 0.29) is 18.5 Å². The second kappa shape index (κ2) is 11.9. The van der Waals surface area contributed by atoms with Gasteiger partial charge in [0, 0.05) is 47.9 Å². The van der Waals surface area contributed by atoms with E-state index < -0.39 is 24.4 Å². The Labute approximate surface area is 221 Å². The zero-order valence-electron chi connectivity index (χ0n) is 21.4. The minimum atomic E-state index is -1.05.